The van der Waals surface area contributed by atoms with E-state index in [9.17, 15) is 9.18 Å². The number of nitrogens with one attached hydrogen (secondary N) is 2. The summed E-state index contributed by atoms with van der Waals surface area (Å²) >= 11 is 0. The second-order valence-electron chi connectivity index (χ2n) is 7.30. The predicted octanol–water partition coefficient (Wildman–Crippen LogP) is 4.64. The summed E-state index contributed by atoms with van der Waals surface area (Å²) in [7, 11) is 0. The normalized spacial score (nSPS) is 11.2. The number of nitrogens with zero attached hydrogens (tertiary/aromatic N) is 2. The lowest BCUT2D eigenvalue weighted by molar-refractivity contribution is 0.228. The van der Waals surface area contributed by atoms with Gasteiger partial charge in [0, 0.05) is 5.56 Å². The standard InChI is InChI=1S/C22H23FN4O2/c1-14(2)16-6-5-7-17(12-16)22(3,4)25-21(28)24-13-19-26-27-20(29-19)15-8-10-18(23)11-9-15/h5-12H,1,13H2,2-4H3,(H2,24,25,28). The van der Waals surface area contributed by atoms with E-state index >= 15 is 0 Å². The van der Waals surface area contributed by atoms with Crippen LogP contribution >= 0.6 is 0 Å². The van der Waals surface area contributed by atoms with Crippen molar-refractivity contribution in [3.05, 3.63) is 77.9 Å². The number of carbonyl (C=O) groups excluding carboxylic acids is 1. The number of urea groups is 1. The molecule has 29 heavy (non-hydrogen) atoms. The zero-order valence-electron chi connectivity index (χ0n) is 16.6. The molecule has 0 atom stereocenters. The van der Waals surface area contributed by atoms with E-state index in [1.165, 1.54) is 12.1 Å². The Morgan fingerprint density at radius 2 is 1.90 bits per heavy atom. The van der Waals surface area contributed by atoms with Crippen molar-refractivity contribution in [2.75, 3.05) is 0 Å². The van der Waals surface area contributed by atoms with Crippen LogP contribution < -0.4 is 10.6 Å². The maximum atomic E-state index is 13.0. The van der Waals surface area contributed by atoms with Crippen molar-refractivity contribution in [2.24, 2.45) is 0 Å². The van der Waals surface area contributed by atoms with Crippen molar-refractivity contribution in [3.63, 3.8) is 0 Å². The van der Waals surface area contributed by atoms with Gasteiger partial charge in [0.05, 0.1) is 12.1 Å². The number of hydrogen-bond donors (Lipinski definition) is 2. The summed E-state index contributed by atoms with van der Waals surface area (Å²) in [5.41, 5.74) is 2.96. The molecule has 2 amide bonds. The molecule has 3 aromatic rings. The highest BCUT2D eigenvalue weighted by atomic mass is 19.1. The van der Waals surface area contributed by atoms with Gasteiger partial charge in [0.1, 0.15) is 5.82 Å². The van der Waals surface area contributed by atoms with Crippen molar-refractivity contribution in [1.82, 2.24) is 20.8 Å². The molecular formula is C22H23FN4O2. The van der Waals surface area contributed by atoms with Gasteiger partial charge in [0.15, 0.2) is 0 Å². The molecular weight excluding hydrogens is 371 g/mol. The molecule has 7 heteroatoms. The lowest BCUT2D eigenvalue weighted by atomic mass is 9.92. The summed E-state index contributed by atoms with van der Waals surface area (Å²) in [5, 5.41) is 13.5. The molecule has 3 rings (SSSR count). The minimum atomic E-state index is -0.594. The maximum absolute atomic E-state index is 13.0. The molecule has 2 aromatic carbocycles. The third-order valence-corrected chi connectivity index (χ3v) is 4.46. The fraction of sp³-hybridized carbons (Fsp3) is 0.227. The van der Waals surface area contributed by atoms with E-state index in [1.54, 1.807) is 12.1 Å². The number of rotatable bonds is 6. The molecule has 2 N–H and O–H groups in total. The van der Waals surface area contributed by atoms with E-state index in [-0.39, 0.29) is 30.2 Å². The van der Waals surface area contributed by atoms with E-state index in [2.05, 4.69) is 27.4 Å². The van der Waals surface area contributed by atoms with Crippen LogP contribution in [-0.4, -0.2) is 16.2 Å². The Hall–Kier alpha value is -3.48. The molecule has 1 aromatic heterocycles. The Morgan fingerprint density at radius 3 is 2.59 bits per heavy atom. The van der Waals surface area contributed by atoms with Gasteiger partial charge in [-0.1, -0.05) is 30.4 Å². The van der Waals surface area contributed by atoms with Crippen LogP contribution in [0.5, 0.6) is 0 Å². The number of allylic oxidation sites excluding steroid dienone is 1. The molecule has 0 saturated carbocycles. The van der Waals surface area contributed by atoms with Gasteiger partial charge in [-0.05, 0) is 62.2 Å². The Kier molecular flexibility index (Phi) is 5.77. The smallest absolute Gasteiger partial charge is 0.315 e. The molecule has 1 heterocycles. The quantitative estimate of drug-likeness (QED) is 0.638. The molecule has 0 unspecified atom stereocenters. The molecule has 0 aliphatic carbocycles. The van der Waals surface area contributed by atoms with Crippen LogP contribution in [0.1, 0.15) is 37.8 Å². The molecule has 0 spiro atoms. The number of halogens is 1. The first-order chi connectivity index (χ1) is 13.7. The average molecular weight is 394 g/mol. The second kappa shape index (κ2) is 8.26. The zero-order valence-corrected chi connectivity index (χ0v) is 16.6. The zero-order chi connectivity index (χ0) is 21.0. The minimum absolute atomic E-state index is 0.0713. The van der Waals surface area contributed by atoms with Crippen LogP contribution in [0.3, 0.4) is 0 Å². The number of hydrogen-bond acceptors (Lipinski definition) is 4. The highest BCUT2D eigenvalue weighted by Gasteiger charge is 2.23. The van der Waals surface area contributed by atoms with Crippen LogP contribution in [0.4, 0.5) is 9.18 Å². The highest BCUT2D eigenvalue weighted by molar-refractivity contribution is 5.75. The number of benzene rings is 2. The van der Waals surface area contributed by atoms with E-state index in [1.807, 2.05) is 45.0 Å². The van der Waals surface area contributed by atoms with Crippen LogP contribution in [0, 0.1) is 5.82 Å². The van der Waals surface area contributed by atoms with Crippen LogP contribution in [0.25, 0.3) is 17.0 Å². The third-order valence-electron chi connectivity index (χ3n) is 4.46. The van der Waals surface area contributed by atoms with Crippen LogP contribution in [0.2, 0.25) is 0 Å². The first kappa shape index (κ1) is 20.3. The summed E-state index contributed by atoms with van der Waals surface area (Å²) in [4.78, 5) is 12.4. The third kappa shape index (κ3) is 5.07. The maximum Gasteiger partial charge on any atom is 0.315 e. The fourth-order valence-electron chi connectivity index (χ4n) is 2.76. The van der Waals surface area contributed by atoms with Gasteiger partial charge in [-0.25, -0.2) is 9.18 Å². The highest BCUT2D eigenvalue weighted by Crippen LogP contribution is 2.23. The lowest BCUT2D eigenvalue weighted by Crippen LogP contribution is -2.46. The SMILES string of the molecule is C=C(C)c1cccc(C(C)(C)NC(=O)NCc2nnc(-c3ccc(F)cc3)o2)c1. The largest absolute Gasteiger partial charge is 0.419 e. The van der Waals surface area contributed by atoms with E-state index in [0.29, 0.717) is 5.56 Å². The Labute approximate surface area is 168 Å². The first-order valence-corrected chi connectivity index (χ1v) is 9.15. The van der Waals surface area contributed by atoms with E-state index < -0.39 is 5.54 Å². The van der Waals surface area contributed by atoms with Crippen LogP contribution in [0.15, 0.2) is 59.5 Å². The summed E-state index contributed by atoms with van der Waals surface area (Å²) in [5.74, 6) is 0.170. The molecule has 150 valence electrons. The van der Waals surface area contributed by atoms with Gasteiger partial charge in [-0.2, -0.15) is 0 Å². The molecule has 0 aliphatic heterocycles. The van der Waals surface area contributed by atoms with Gasteiger partial charge < -0.3 is 15.1 Å². The lowest BCUT2D eigenvalue weighted by Gasteiger charge is -2.27. The monoisotopic (exact) mass is 394 g/mol. The van der Waals surface area contributed by atoms with Gasteiger partial charge in [-0.3, -0.25) is 0 Å². The summed E-state index contributed by atoms with van der Waals surface area (Å²) in [6, 6.07) is 13.3. The minimum Gasteiger partial charge on any atom is -0.419 e. The number of amides is 2. The van der Waals surface area contributed by atoms with Crippen LogP contribution in [-0.2, 0) is 12.1 Å². The van der Waals surface area contributed by atoms with Crippen molar-refractivity contribution >= 4 is 11.6 Å². The van der Waals surface area contributed by atoms with Gasteiger partial charge in [0.25, 0.3) is 0 Å². The Balaban J connectivity index is 1.60. The topological polar surface area (TPSA) is 80.0 Å². The molecule has 0 saturated heterocycles. The molecule has 0 radical (unpaired) electrons. The molecule has 0 aliphatic rings. The Morgan fingerprint density at radius 1 is 1.17 bits per heavy atom. The van der Waals surface area contributed by atoms with Gasteiger partial charge >= 0.3 is 6.03 Å². The second-order valence-corrected chi connectivity index (χ2v) is 7.30. The average Bonchev–Trinajstić information content (AvgIpc) is 3.16. The first-order valence-electron chi connectivity index (χ1n) is 9.15. The summed E-state index contributed by atoms with van der Waals surface area (Å²) in [6.45, 7) is 9.81. The van der Waals surface area contributed by atoms with E-state index in [0.717, 1.165) is 16.7 Å². The predicted molar refractivity (Wildman–Crippen MR) is 109 cm³/mol. The molecule has 0 fully saturated rings. The molecule has 6 nitrogen and oxygen atoms in total. The fourth-order valence-corrected chi connectivity index (χ4v) is 2.76. The van der Waals surface area contributed by atoms with Crippen molar-refractivity contribution in [1.29, 1.82) is 0 Å². The molecule has 0 bridgehead atoms. The van der Waals surface area contributed by atoms with Gasteiger partial charge in [-0.15, -0.1) is 10.2 Å². The summed E-state index contributed by atoms with van der Waals surface area (Å²) < 4.78 is 18.5. The van der Waals surface area contributed by atoms with Crippen molar-refractivity contribution < 1.29 is 13.6 Å². The summed E-state index contributed by atoms with van der Waals surface area (Å²) in [6.07, 6.45) is 0. The number of aromatic nitrogens is 2. The van der Waals surface area contributed by atoms with Crippen molar-refractivity contribution in [2.45, 2.75) is 32.9 Å². The number of carbonyl (C=O) groups is 1. The van der Waals surface area contributed by atoms with Crippen molar-refractivity contribution in [3.8, 4) is 11.5 Å². The van der Waals surface area contributed by atoms with Gasteiger partial charge in [0.2, 0.25) is 11.8 Å². The Bertz CT molecular complexity index is 1030. The van der Waals surface area contributed by atoms with E-state index in [4.69, 9.17) is 4.42 Å².